The van der Waals surface area contributed by atoms with Crippen LogP contribution >= 0.6 is 0 Å². The lowest BCUT2D eigenvalue weighted by molar-refractivity contribution is 0.229. The molecule has 0 fully saturated rings. The molecule has 5 heteroatoms. The van der Waals surface area contributed by atoms with Crippen LogP contribution < -0.4 is 0 Å². The van der Waals surface area contributed by atoms with E-state index >= 15 is 0 Å². The van der Waals surface area contributed by atoms with Crippen molar-refractivity contribution < 1.29 is 0 Å². The molecule has 0 aliphatic heterocycles. The smallest absolute Gasteiger partial charge is 0.0880 e. The van der Waals surface area contributed by atoms with Crippen molar-refractivity contribution in [3.05, 3.63) is 29.8 Å². The van der Waals surface area contributed by atoms with Gasteiger partial charge in [0.05, 0.1) is 28.7 Å². The first-order valence-electron chi connectivity index (χ1n) is 9.63. The third-order valence-electron chi connectivity index (χ3n) is 5.13. The summed E-state index contributed by atoms with van der Waals surface area (Å²) in [5, 5.41) is 14.1. The van der Waals surface area contributed by atoms with Crippen molar-refractivity contribution in [2.24, 2.45) is 0 Å². The molecule has 0 atom stereocenters. The molecule has 0 aromatic carbocycles. The molecule has 0 spiro atoms. The van der Waals surface area contributed by atoms with E-state index in [0.717, 1.165) is 24.2 Å². The normalized spacial score (nSPS) is 14.1. The Morgan fingerprint density at radius 1 is 0.808 bits per heavy atom. The highest BCUT2D eigenvalue weighted by molar-refractivity contribution is 5.13. The van der Waals surface area contributed by atoms with Crippen molar-refractivity contribution in [3.63, 3.8) is 0 Å². The number of aromatic nitrogens is 5. The Morgan fingerprint density at radius 3 is 1.88 bits per heavy atom. The van der Waals surface area contributed by atoms with E-state index in [9.17, 15) is 0 Å². The molecule has 0 radical (unpaired) electrons. The van der Waals surface area contributed by atoms with Crippen LogP contribution in [0.5, 0.6) is 0 Å². The molecule has 0 saturated heterocycles. The lowest BCUT2D eigenvalue weighted by atomic mass is 9.81. The summed E-state index contributed by atoms with van der Waals surface area (Å²) in [5.74, 6) is 0. The first kappa shape index (κ1) is 20.7. The van der Waals surface area contributed by atoms with Crippen molar-refractivity contribution in [2.45, 2.75) is 104 Å². The number of nitrogens with zero attached hydrogens (tertiary/aromatic N) is 5. The van der Waals surface area contributed by atoms with Gasteiger partial charge in [0, 0.05) is 17.0 Å². The average molecular weight is 360 g/mol. The summed E-state index contributed by atoms with van der Waals surface area (Å²) in [5.41, 5.74) is 2.09. The Kier molecular flexibility index (Phi) is 5.17. The molecule has 26 heavy (non-hydrogen) atoms. The SMILES string of the molecule is CC(C)(C)c1cnn(C(C)(C)CCC(C)(C)c2ccn(C(C)(C)C)n2)n1. The molecule has 5 nitrogen and oxygen atoms in total. The van der Waals surface area contributed by atoms with Gasteiger partial charge in [-0.2, -0.15) is 20.1 Å². The molecule has 0 bridgehead atoms. The molecule has 146 valence electrons. The largest absolute Gasteiger partial charge is 0.267 e. The van der Waals surface area contributed by atoms with Crippen molar-refractivity contribution in [2.75, 3.05) is 0 Å². The van der Waals surface area contributed by atoms with Crippen LogP contribution in [0.4, 0.5) is 0 Å². The van der Waals surface area contributed by atoms with Crippen LogP contribution in [0, 0.1) is 0 Å². The molecule has 2 rings (SSSR count). The molecular weight excluding hydrogens is 322 g/mol. The zero-order chi connectivity index (χ0) is 20.0. The molecule has 2 heterocycles. The summed E-state index contributed by atoms with van der Waals surface area (Å²) >= 11 is 0. The van der Waals surface area contributed by atoms with Gasteiger partial charge in [-0.15, -0.1) is 0 Å². The van der Waals surface area contributed by atoms with Gasteiger partial charge in [-0.3, -0.25) is 4.68 Å². The summed E-state index contributed by atoms with van der Waals surface area (Å²) in [7, 11) is 0. The van der Waals surface area contributed by atoms with E-state index in [4.69, 9.17) is 10.2 Å². The highest BCUT2D eigenvalue weighted by Gasteiger charge is 2.31. The summed E-state index contributed by atoms with van der Waals surface area (Å²) in [6.07, 6.45) is 6.00. The van der Waals surface area contributed by atoms with Gasteiger partial charge >= 0.3 is 0 Å². The van der Waals surface area contributed by atoms with Crippen LogP contribution in [0.1, 0.15) is 93.5 Å². The molecule has 0 aliphatic rings. The Labute approximate surface area is 159 Å². The van der Waals surface area contributed by atoms with E-state index in [1.54, 1.807) is 0 Å². The standard InChI is InChI=1S/C21H37N5/c1-18(2,3)17-15-22-26(24-17)21(9,10)13-12-20(7,8)16-11-14-25(23-16)19(4,5)6/h11,14-15H,12-13H2,1-10H3. The van der Waals surface area contributed by atoms with Gasteiger partial charge in [0.15, 0.2) is 0 Å². The van der Waals surface area contributed by atoms with Gasteiger partial charge in [0.1, 0.15) is 0 Å². The zero-order valence-corrected chi connectivity index (χ0v) is 18.4. The minimum atomic E-state index is -0.132. The third-order valence-corrected chi connectivity index (χ3v) is 5.13. The van der Waals surface area contributed by atoms with Crippen LogP contribution in [-0.2, 0) is 21.9 Å². The quantitative estimate of drug-likeness (QED) is 0.753. The highest BCUT2D eigenvalue weighted by atomic mass is 15.5. The van der Waals surface area contributed by atoms with Crippen molar-refractivity contribution in [1.29, 1.82) is 0 Å². The van der Waals surface area contributed by atoms with E-state index in [1.807, 2.05) is 11.0 Å². The van der Waals surface area contributed by atoms with Crippen LogP contribution in [0.3, 0.4) is 0 Å². The number of hydrogen-bond acceptors (Lipinski definition) is 3. The lowest BCUT2D eigenvalue weighted by Gasteiger charge is -2.30. The second kappa shape index (κ2) is 6.50. The molecule has 2 aromatic rings. The maximum absolute atomic E-state index is 4.84. The lowest BCUT2D eigenvalue weighted by Crippen LogP contribution is -2.32. The molecule has 0 aliphatic carbocycles. The van der Waals surface area contributed by atoms with Crippen LogP contribution in [0.25, 0.3) is 0 Å². The van der Waals surface area contributed by atoms with E-state index in [-0.39, 0.29) is 21.9 Å². The minimum absolute atomic E-state index is 0.00772. The molecule has 2 aromatic heterocycles. The van der Waals surface area contributed by atoms with Gasteiger partial charge in [-0.1, -0.05) is 34.6 Å². The predicted molar refractivity (Wildman–Crippen MR) is 108 cm³/mol. The minimum Gasteiger partial charge on any atom is -0.267 e. The van der Waals surface area contributed by atoms with Crippen LogP contribution in [-0.4, -0.2) is 24.8 Å². The topological polar surface area (TPSA) is 48.5 Å². The van der Waals surface area contributed by atoms with Crippen LogP contribution in [0.15, 0.2) is 18.5 Å². The molecule has 0 saturated carbocycles. The van der Waals surface area contributed by atoms with Crippen LogP contribution in [0.2, 0.25) is 0 Å². The van der Waals surface area contributed by atoms with Gasteiger partial charge in [0.25, 0.3) is 0 Å². The Morgan fingerprint density at radius 2 is 1.42 bits per heavy atom. The number of rotatable bonds is 5. The fraction of sp³-hybridized carbons (Fsp3) is 0.762. The number of hydrogen-bond donors (Lipinski definition) is 0. The molecule has 0 N–H and O–H groups in total. The van der Waals surface area contributed by atoms with E-state index in [2.05, 4.69) is 91.3 Å². The first-order chi connectivity index (χ1) is 11.6. The summed E-state index contributed by atoms with van der Waals surface area (Å²) in [6, 6.07) is 2.15. The fourth-order valence-electron chi connectivity index (χ4n) is 2.80. The van der Waals surface area contributed by atoms with E-state index < -0.39 is 0 Å². The van der Waals surface area contributed by atoms with Crippen molar-refractivity contribution in [1.82, 2.24) is 24.8 Å². The Hall–Kier alpha value is -1.65. The van der Waals surface area contributed by atoms with Crippen molar-refractivity contribution in [3.8, 4) is 0 Å². The first-order valence-corrected chi connectivity index (χ1v) is 9.63. The molecule has 0 unspecified atom stereocenters. The van der Waals surface area contributed by atoms with E-state index in [0.29, 0.717) is 0 Å². The predicted octanol–water partition coefficient (Wildman–Crippen LogP) is 5.02. The fourth-order valence-corrected chi connectivity index (χ4v) is 2.80. The summed E-state index contributed by atoms with van der Waals surface area (Å²) in [4.78, 5) is 1.89. The zero-order valence-electron chi connectivity index (χ0n) is 18.4. The Bertz CT molecular complexity index is 671. The van der Waals surface area contributed by atoms with Gasteiger partial charge in [-0.05, 0) is 53.5 Å². The van der Waals surface area contributed by atoms with Crippen molar-refractivity contribution >= 4 is 0 Å². The summed E-state index contributed by atoms with van der Waals surface area (Å²) < 4.78 is 2.06. The highest BCUT2D eigenvalue weighted by Crippen LogP contribution is 2.33. The summed E-state index contributed by atoms with van der Waals surface area (Å²) in [6.45, 7) is 22.0. The second-order valence-electron chi connectivity index (χ2n) is 10.8. The maximum Gasteiger partial charge on any atom is 0.0880 e. The second-order valence-corrected chi connectivity index (χ2v) is 10.8. The Balaban J connectivity index is 2.12. The van der Waals surface area contributed by atoms with Gasteiger partial charge in [-0.25, -0.2) is 0 Å². The van der Waals surface area contributed by atoms with Gasteiger partial charge in [0.2, 0.25) is 0 Å². The molecule has 0 amide bonds. The third kappa shape index (κ3) is 4.54. The molecular formula is C21H37N5. The van der Waals surface area contributed by atoms with E-state index in [1.165, 1.54) is 0 Å². The van der Waals surface area contributed by atoms with Gasteiger partial charge < -0.3 is 0 Å². The maximum atomic E-state index is 4.84. The average Bonchev–Trinajstić information content (AvgIpc) is 3.13. The monoisotopic (exact) mass is 359 g/mol.